The summed E-state index contributed by atoms with van der Waals surface area (Å²) in [4.78, 5) is 17.0. The van der Waals surface area contributed by atoms with Gasteiger partial charge < -0.3 is 5.11 Å². The SMILES string of the molecule is O=C(NN1CCC1)c1cc(-c2ccc(O)cc2)nc2[nH]ncc12. The molecular weight excluding hydrogens is 294 g/mol. The zero-order chi connectivity index (χ0) is 15.8. The van der Waals surface area contributed by atoms with Crippen LogP contribution < -0.4 is 5.43 Å². The van der Waals surface area contributed by atoms with Gasteiger partial charge in [-0.25, -0.2) is 9.99 Å². The van der Waals surface area contributed by atoms with Gasteiger partial charge in [-0.1, -0.05) is 0 Å². The lowest BCUT2D eigenvalue weighted by Crippen LogP contribution is -2.50. The van der Waals surface area contributed by atoms with Crippen molar-refractivity contribution in [2.24, 2.45) is 0 Å². The van der Waals surface area contributed by atoms with E-state index in [2.05, 4.69) is 20.6 Å². The number of benzene rings is 1. The first-order chi connectivity index (χ1) is 11.2. The van der Waals surface area contributed by atoms with Gasteiger partial charge >= 0.3 is 0 Å². The zero-order valence-corrected chi connectivity index (χ0v) is 12.3. The Bertz CT molecular complexity index is 868. The molecule has 116 valence electrons. The number of fused-ring (bicyclic) bond motifs is 1. The topological polar surface area (TPSA) is 94.1 Å². The first-order valence-electron chi connectivity index (χ1n) is 7.40. The molecule has 2 aromatic heterocycles. The first kappa shape index (κ1) is 13.7. The summed E-state index contributed by atoms with van der Waals surface area (Å²) in [5, 5.41) is 18.8. The Labute approximate surface area is 131 Å². The lowest BCUT2D eigenvalue weighted by atomic mass is 10.1. The molecule has 0 atom stereocenters. The van der Waals surface area contributed by atoms with Gasteiger partial charge in [0.05, 0.1) is 22.8 Å². The summed E-state index contributed by atoms with van der Waals surface area (Å²) in [5.74, 6) is 0.0191. The highest BCUT2D eigenvalue weighted by Gasteiger charge is 2.20. The lowest BCUT2D eigenvalue weighted by Gasteiger charge is -2.30. The number of aromatic amines is 1. The lowest BCUT2D eigenvalue weighted by molar-refractivity contribution is 0.0644. The number of phenols is 1. The largest absolute Gasteiger partial charge is 0.508 e. The predicted octanol–water partition coefficient (Wildman–Crippen LogP) is 1.68. The monoisotopic (exact) mass is 309 g/mol. The maximum Gasteiger partial charge on any atom is 0.266 e. The van der Waals surface area contributed by atoms with Crippen molar-refractivity contribution in [3.8, 4) is 17.0 Å². The van der Waals surface area contributed by atoms with E-state index < -0.39 is 0 Å². The van der Waals surface area contributed by atoms with Gasteiger partial charge in [0, 0.05) is 18.7 Å². The quantitative estimate of drug-likeness (QED) is 0.684. The number of aromatic nitrogens is 3. The van der Waals surface area contributed by atoms with E-state index in [4.69, 9.17) is 0 Å². The van der Waals surface area contributed by atoms with Crippen LogP contribution in [0.15, 0.2) is 36.5 Å². The molecule has 1 amide bonds. The number of aromatic hydroxyl groups is 1. The Morgan fingerprint density at radius 1 is 1.26 bits per heavy atom. The second kappa shape index (κ2) is 5.36. The van der Waals surface area contributed by atoms with E-state index >= 15 is 0 Å². The highest BCUT2D eigenvalue weighted by molar-refractivity contribution is 6.06. The van der Waals surface area contributed by atoms with Gasteiger partial charge in [-0.2, -0.15) is 5.10 Å². The van der Waals surface area contributed by atoms with Crippen LogP contribution in [0.25, 0.3) is 22.3 Å². The van der Waals surface area contributed by atoms with Gasteiger partial charge in [0.25, 0.3) is 5.91 Å². The van der Waals surface area contributed by atoms with Gasteiger partial charge in [-0.3, -0.25) is 15.3 Å². The summed E-state index contributed by atoms with van der Waals surface area (Å²) >= 11 is 0. The fraction of sp³-hybridized carbons (Fsp3) is 0.188. The molecule has 4 rings (SSSR count). The second-order valence-electron chi connectivity index (χ2n) is 5.52. The van der Waals surface area contributed by atoms with Crippen molar-refractivity contribution in [3.05, 3.63) is 42.1 Å². The number of phenolic OH excluding ortho intramolecular Hbond substituents is 1. The van der Waals surface area contributed by atoms with Crippen molar-refractivity contribution in [2.45, 2.75) is 6.42 Å². The standard InChI is InChI=1S/C16H15N5O2/c22-11-4-2-10(3-5-11)14-8-12(13-9-17-19-15(13)18-14)16(23)20-21-6-1-7-21/h2-5,8-9,22H,1,6-7H2,(H,20,23)(H,17,18,19). The zero-order valence-electron chi connectivity index (χ0n) is 12.3. The summed E-state index contributed by atoms with van der Waals surface area (Å²) in [6.45, 7) is 1.74. The van der Waals surface area contributed by atoms with Crippen LogP contribution in [0.3, 0.4) is 0 Å². The molecule has 1 aromatic carbocycles. The molecule has 1 aliphatic rings. The fourth-order valence-corrected chi connectivity index (χ4v) is 2.53. The van der Waals surface area contributed by atoms with Crippen LogP contribution in [0.4, 0.5) is 0 Å². The number of nitrogens with zero attached hydrogens (tertiary/aromatic N) is 3. The van der Waals surface area contributed by atoms with E-state index in [1.54, 1.807) is 36.5 Å². The van der Waals surface area contributed by atoms with E-state index in [0.29, 0.717) is 22.3 Å². The summed E-state index contributed by atoms with van der Waals surface area (Å²) in [7, 11) is 0. The number of nitrogens with one attached hydrogen (secondary N) is 2. The highest BCUT2D eigenvalue weighted by atomic mass is 16.3. The van der Waals surface area contributed by atoms with E-state index in [0.717, 1.165) is 25.1 Å². The molecule has 1 saturated heterocycles. The van der Waals surface area contributed by atoms with Gasteiger partial charge in [-0.05, 0) is 36.8 Å². The molecule has 0 unspecified atom stereocenters. The third kappa shape index (κ3) is 2.51. The van der Waals surface area contributed by atoms with Crippen LogP contribution >= 0.6 is 0 Å². The summed E-state index contributed by atoms with van der Waals surface area (Å²) in [6, 6.07) is 8.45. The van der Waals surface area contributed by atoms with Gasteiger partial charge in [0.1, 0.15) is 5.75 Å². The van der Waals surface area contributed by atoms with Gasteiger partial charge in [-0.15, -0.1) is 0 Å². The predicted molar refractivity (Wildman–Crippen MR) is 84.6 cm³/mol. The molecule has 0 aliphatic carbocycles. The molecular formula is C16H15N5O2. The maximum atomic E-state index is 12.5. The van der Waals surface area contributed by atoms with E-state index in [1.807, 2.05) is 5.01 Å². The van der Waals surface area contributed by atoms with Crippen molar-refractivity contribution in [1.82, 2.24) is 25.6 Å². The molecule has 0 bridgehead atoms. The fourth-order valence-electron chi connectivity index (χ4n) is 2.53. The molecule has 1 fully saturated rings. The Kier molecular flexibility index (Phi) is 3.20. The molecule has 3 heterocycles. The molecule has 7 heteroatoms. The number of carbonyl (C=O) groups is 1. The molecule has 0 radical (unpaired) electrons. The average Bonchev–Trinajstić information content (AvgIpc) is 2.99. The number of carbonyl (C=O) groups excluding carboxylic acids is 1. The van der Waals surface area contributed by atoms with Crippen LogP contribution in [-0.4, -0.2) is 44.3 Å². The molecule has 23 heavy (non-hydrogen) atoms. The average molecular weight is 309 g/mol. The normalized spacial score (nSPS) is 14.6. The summed E-state index contributed by atoms with van der Waals surface area (Å²) in [5.41, 5.74) is 5.44. The molecule has 1 aliphatic heterocycles. The van der Waals surface area contributed by atoms with E-state index in [9.17, 15) is 9.90 Å². The first-order valence-corrected chi connectivity index (χ1v) is 7.40. The molecule has 0 spiro atoms. The Balaban J connectivity index is 1.77. The van der Waals surface area contributed by atoms with Crippen molar-refractivity contribution in [3.63, 3.8) is 0 Å². The van der Waals surface area contributed by atoms with Crippen molar-refractivity contribution >= 4 is 16.9 Å². The number of hydrogen-bond donors (Lipinski definition) is 3. The number of hydrazine groups is 1. The van der Waals surface area contributed by atoms with E-state index in [-0.39, 0.29) is 11.7 Å². The molecule has 7 nitrogen and oxygen atoms in total. The Hall–Kier alpha value is -2.93. The van der Waals surface area contributed by atoms with Crippen LogP contribution in [0.5, 0.6) is 5.75 Å². The van der Waals surface area contributed by atoms with Crippen LogP contribution in [0.2, 0.25) is 0 Å². The number of amides is 1. The number of rotatable bonds is 3. The number of hydrogen-bond acceptors (Lipinski definition) is 5. The molecule has 0 saturated carbocycles. The minimum absolute atomic E-state index is 0.168. The molecule has 3 aromatic rings. The minimum atomic E-state index is -0.168. The van der Waals surface area contributed by atoms with E-state index in [1.165, 1.54) is 0 Å². The Morgan fingerprint density at radius 3 is 2.74 bits per heavy atom. The highest BCUT2D eigenvalue weighted by Crippen LogP contribution is 2.25. The molecule has 3 N–H and O–H groups in total. The van der Waals surface area contributed by atoms with Gasteiger partial charge in [0.15, 0.2) is 5.65 Å². The third-order valence-electron chi connectivity index (χ3n) is 3.95. The van der Waals surface area contributed by atoms with Crippen molar-refractivity contribution in [2.75, 3.05) is 13.1 Å². The minimum Gasteiger partial charge on any atom is -0.508 e. The number of pyridine rings is 1. The summed E-state index contributed by atoms with van der Waals surface area (Å²) in [6.07, 6.45) is 2.70. The van der Waals surface area contributed by atoms with Crippen LogP contribution in [-0.2, 0) is 0 Å². The van der Waals surface area contributed by atoms with Gasteiger partial charge in [0.2, 0.25) is 0 Å². The smallest absolute Gasteiger partial charge is 0.266 e. The third-order valence-corrected chi connectivity index (χ3v) is 3.95. The van der Waals surface area contributed by atoms with Crippen molar-refractivity contribution in [1.29, 1.82) is 0 Å². The van der Waals surface area contributed by atoms with Crippen molar-refractivity contribution < 1.29 is 9.90 Å². The maximum absolute atomic E-state index is 12.5. The van der Waals surface area contributed by atoms with Crippen LogP contribution in [0.1, 0.15) is 16.8 Å². The second-order valence-corrected chi connectivity index (χ2v) is 5.52. The van der Waals surface area contributed by atoms with Crippen LogP contribution in [0, 0.1) is 0 Å². The Morgan fingerprint density at radius 2 is 2.04 bits per heavy atom. The number of H-pyrrole nitrogens is 1. The summed E-state index contributed by atoms with van der Waals surface area (Å²) < 4.78 is 0.